The molecule has 1 aliphatic carbocycles. The van der Waals surface area contributed by atoms with Crippen LogP contribution in [0.5, 0.6) is 0 Å². The van der Waals surface area contributed by atoms with E-state index in [1.54, 1.807) is 0 Å². The van der Waals surface area contributed by atoms with Gasteiger partial charge in [0.15, 0.2) is 0 Å². The Morgan fingerprint density at radius 2 is 2.14 bits per heavy atom. The van der Waals surface area contributed by atoms with E-state index in [-0.39, 0.29) is 0 Å². The Hall–Kier alpha value is -1.04. The van der Waals surface area contributed by atoms with Crippen molar-refractivity contribution in [2.45, 2.75) is 33.6 Å². The summed E-state index contributed by atoms with van der Waals surface area (Å²) in [5.74, 6) is 0.615. The SMILES string of the molecule is CC=CC1=CC=CC(CC)C=C1CC. The second-order valence-corrected chi connectivity index (χ2v) is 3.62. The van der Waals surface area contributed by atoms with Crippen LogP contribution in [0.1, 0.15) is 33.6 Å². The Labute approximate surface area is 87.7 Å². The largest absolute Gasteiger partial charge is 0.0871 e. The molecule has 0 aromatic carbocycles. The fourth-order valence-electron chi connectivity index (χ4n) is 1.74. The van der Waals surface area contributed by atoms with Gasteiger partial charge in [0.2, 0.25) is 0 Å². The lowest BCUT2D eigenvalue weighted by molar-refractivity contribution is 0.767. The van der Waals surface area contributed by atoms with Crippen molar-refractivity contribution in [1.29, 1.82) is 0 Å². The maximum absolute atomic E-state index is 2.40. The molecule has 0 spiro atoms. The summed E-state index contributed by atoms with van der Waals surface area (Å²) < 4.78 is 0. The van der Waals surface area contributed by atoms with Gasteiger partial charge in [-0.15, -0.1) is 0 Å². The minimum absolute atomic E-state index is 0.615. The molecule has 1 atom stereocenters. The van der Waals surface area contributed by atoms with Crippen molar-refractivity contribution in [1.82, 2.24) is 0 Å². The van der Waals surface area contributed by atoms with Gasteiger partial charge < -0.3 is 0 Å². The lowest BCUT2D eigenvalue weighted by Crippen LogP contribution is -1.91. The van der Waals surface area contributed by atoms with E-state index in [0.29, 0.717) is 5.92 Å². The second kappa shape index (κ2) is 5.64. The molecule has 1 unspecified atom stereocenters. The average molecular weight is 188 g/mol. The third-order valence-electron chi connectivity index (χ3n) is 2.62. The highest BCUT2D eigenvalue weighted by molar-refractivity contribution is 5.44. The van der Waals surface area contributed by atoms with Crippen LogP contribution in [0.25, 0.3) is 0 Å². The van der Waals surface area contributed by atoms with Crippen LogP contribution in [-0.4, -0.2) is 0 Å². The molecule has 76 valence electrons. The maximum Gasteiger partial charge on any atom is -0.00470 e. The molecule has 0 N–H and O–H groups in total. The van der Waals surface area contributed by atoms with Crippen LogP contribution < -0.4 is 0 Å². The molecule has 0 aliphatic heterocycles. The molecule has 0 aromatic heterocycles. The molecule has 0 nitrogen and oxygen atoms in total. The molecule has 0 heterocycles. The van der Waals surface area contributed by atoms with Crippen LogP contribution in [0.2, 0.25) is 0 Å². The summed E-state index contributed by atoms with van der Waals surface area (Å²) in [5, 5.41) is 0. The average Bonchev–Trinajstić information content (AvgIpc) is 2.40. The van der Waals surface area contributed by atoms with Crippen LogP contribution in [0.4, 0.5) is 0 Å². The Morgan fingerprint density at radius 3 is 2.71 bits per heavy atom. The summed E-state index contributed by atoms with van der Waals surface area (Å²) >= 11 is 0. The molecule has 0 amide bonds. The monoisotopic (exact) mass is 188 g/mol. The summed E-state index contributed by atoms with van der Waals surface area (Å²) in [6.07, 6.45) is 15.7. The zero-order chi connectivity index (χ0) is 10.4. The topological polar surface area (TPSA) is 0 Å². The number of hydrogen-bond acceptors (Lipinski definition) is 0. The molecule has 0 saturated heterocycles. The van der Waals surface area contributed by atoms with Crippen molar-refractivity contribution in [3.05, 3.63) is 47.6 Å². The summed E-state index contributed by atoms with van der Waals surface area (Å²) in [6, 6.07) is 0. The number of rotatable bonds is 3. The quantitative estimate of drug-likeness (QED) is 0.615. The van der Waals surface area contributed by atoms with Crippen molar-refractivity contribution in [3.63, 3.8) is 0 Å². The summed E-state index contributed by atoms with van der Waals surface area (Å²) in [7, 11) is 0. The van der Waals surface area contributed by atoms with Gasteiger partial charge in [-0.25, -0.2) is 0 Å². The highest BCUT2D eigenvalue weighted by Crippen LogP contribution is 2.23. The molecule has 0 saturated carbocycles. The predicted molar refractivity (Wildman–Crippen MR) is 64.2 cm³/mol. The molecule has 0 aromatic rings. The van der Waals surface area contributed by atoms with Gasteiger partial charge in [0.25, 0.3) is 0 Å². The molecule has 1 aliphatic rings. The van der Waals surface area contributed by atoms with Crippen LogP contribution in [-0.2, 0) is 0 Å². The first-order valence-electron chi connectivity index (χ1n) is 5.54. The van der Waals surface area contributed by atoms with E-state index in [1.165, 1.54) is 17.6 Å². The van der Waals surface area contributed by atoms with Gasteiger partial charge >= 0.3 is 0 Å². The standard InChI is InChI=1S/C14H20/c1-4-8-14-10-7-9-12(5-2)11-13(14)6-3/h4,7-12H,5-6H2,1-3H3. The fourth-order valence-corrected chi connectivity index (χ4v) is 1.74. The molecule has 0 radical (unpaired) electrons. The van der Waals surface area contributed by atoms with E-state index >= 15 is 0 Å². The number of hydrogen-bond donors (Lipinski definition) is 0. The maximum atomic E-state index is 2.40. The van der Waals surface area contributed by atoms with E-state index in [9.17, 15) is 0 Å². The van der Waals surface area contributed by atoms with E-state index in [2.05, 4.69) is 57.2 Å². The first-order valence-corrected chi connectivity index (χ1v) is 5.54. The van der Waals surface area contributed by atoms with E-state index < -0.39 is 0 Å². The lowest BCUT2D eigenvalue weighted by Gasteiger charge is -2.07. The second-order valence-electron chi connectivity index (χ2n) is 3.62. The molecule has 1 rings (SSSR count). The third-order valence-corrected chi connectivity index (χ3v) is 2.62. The van der Waals surface area contributed by atoms with Crippen LogP contribution in [0.3, 0.4) is 0 Å². The van der Waals surface area contributed by atoms with E-state index in [1.807, 2.05) is 0 Å². The predicted octanol–water partition coefficient (Wildman–Crippen LogP) is 4.42. The van der Waals surface area contributed by atoms with Gasteiger partial charge in [-0.1, -0.05) is 50.3 Å². The normalized spacial score (nSPS) is 22.1. The van der Waals surface area contributed by atoms with Gasteiger partial charge in [-0.3, -0.25) is 0 Å². The van der Waals surface area contributed by atoms with Gasteiger partial charge in [0.05, 0.1) is 0 Å². The van der Waals surface area contributed by atoms with E-state index in [0.717, 1.165) is 6.42 Å². The van der Waals surface area contributed by atoms with Crippen molar-refractivity contribution >= 4 is 0 Å². The molecule has 0 fully saturated rings. The summed E-state index contributed by atoms with van der Waals surface area (Å²) in [4.78, 5) is 0. The van der Waals surface area contributed by atoms with E-state index in [4.69, 9.17) is 0 Å². The zero-order valence-electron chi connectivity index (χ0n) is 9.46. The van der Waals surface area contributed by atoms with Crippen LogP contribution in [0, 0.1) is 5.92 Å². The van der Waals surface area contributed by atoms with Gasteiger partial charge in [0.1, 0.15) is 0 Å². The first-order chi connectivity index (χ1) is 6.81. The van der Waals surface area contributed by atoms with Crippen molar-refractivity contribution in [3.8, 4) is 0 Å². The van der Waals surface area contributed by atoms with Crippen LogP contribution in [0.15, 0.2) is 47.6 Å². The van der Waals surface area contributed by atoms with Crippen LogP contribution >= 0.6 is 0 Å². The van der Waals surface area contributed by atoms with Crippen molar-refractivity contribution in [2.75, 3.05) is 0 Å². The smallest absolute Gasteiger partial charge is 0.00470 e. The molecule has 14 heavy (non-hydrogen) atoms. The molecule has 0 bridgehead atoms. The van der Waals surface area contributed by atoms with Gasteiger partial charge in [-0.2, -0.15) is 0 Å². The zero-order valence-corrected chi connectivity index (χ0v) is 9.46. The highest BCUT2D eigenvalue weighted by Gasteiger charge is 2.05. The van der Waals surface area contributed by atoms with Gasteiger partial charge in [0, 0.05) is 0 Å². The Bertz CT molecular complexity index is 287. The highest BCUT2D eigenvalue weighted by atomic mass is 14.1. The summed E-state index contributed by atoms with van der Waals surface area (Å²) in [5.41, 5.74) is 2.84. The van der Waals surface area contributed by atoms with Crippen molar-refractivity contribution < 1.29 is 0 Å². The first kappa shape index (κ1) is 11.0. The van der Waals surface area contributed by atoms with Crippen molar-refractivity contribution in [2.24, 2.45) is 5.92 Å². The summed E-state index contributed by atoms with van der Waals surface area (Å²) in [6.45, 7) is 6.53. The third kappa shape index (κ3) is 2.73. The number of allylic oxidation sites excluding steroid dienone is 8. The molecular weight excluding hydrogens is 168 g/mol. The Morgan fingerprint density at radius 1 is 1.36 bits per heavy atom. The lowest BCUT2D eigenvalue weighted by atomic mass is 9.98. The fraction of sp³-hybridized carbons (Fsp3) is 0.429. The minimum Gasteiger partial charge on any atom is -0.0871 e. The molecular formula is C14H20. The Balaban J connectivity index is 2.95. The molecule has 0 heteroatoms. The van der Waals surface area contributed by atoms with Gasteiger partial charge in [-0.05, 0) is 36.8 Å². The minimum atomic E-state index is 0.615. The Kier molecular flexibility index (Phi) is 4.45.